The Bertz CT molecular complexity index is 980. The molecule has 0 spiro atoms. The van der Waals surface area contributed by atoms with Crippen LogP contribution < -0.4 is 5.32 Å². The molecule has 0 radical (unpaired) electrons. The monoisotopic (exact) mass is 397 g/mol. The number of thioether (sulfide) groups is 1. The van der Waals surface area contributed by atoms with Crippen LogP contribution in [0.2, 0.25) is 0 Å². The molecule has 0 atom stereocenters. The van der Waals surface area contributed by atoms with Crippen molar-refractivity contribution in [3.05, 3.63) is 59.2 Å². The lowest BCUT2D eigenvalue weighted by Gasteiger charge is -2.12. The number of nitrogens with one attached hydrogen (secondary N) is 1. The molecule has 0 aliphatic carbocycles. The van der Waals surface area contributed by atoms with E-state index in [0.717, 1.165) is 21.7 Å². The van der Waals surface area contributed by atoms with Gasteiger partial charge >= 0.3 is 0 Å². The number of benzene rings is 1. The largest absolute Gasteiger partial charge is 0.356 e. The summed E-state index contributed by atoms with van der Waals surface area (Å²) in [6, 6.07) is 14.1. The minimum absolute atomic E-state index is 0.0941. The fourth-order valence-electron chi connectivity index (χ4n) is 2.52. The molecule has 0 bridgehead atoms. The molecule has 0 fully saturated rings. The first-order chi connectivity index (χ1) is 13.1. The number of amides is 1. The lowest BCUT2D eigenvalue weighted by atomic mass is 10.0. The minimum Gasteiger partial charge on any atom is -0.356 e. The summed E-state index contributed by atoms with van der Waals surface area (Å²) in [4.78, 5) is 16.7. The van der Waals surface area contributed by atoms with E-state index < -0.39 is 0 Å². The van der Waals surface area contributed by atoms with Crippen LogP contribution in [0.3, 0.4) is 0 Å². The van der Waals surface area contributed by atoms with Gasteiger partial charge in [0.2, 0.25) is 5.91 Å². The van der Waals surface area contributed by atoms with Crippen LogP contribution in [-0.4, -0.2) is 23.2 Å². The van der Waals surface area contributed by atoms with Gasteiger partial charge in [-0.1, -0.05) is 18.2 Å². The van der Waals surface area contributed by atoms with Gasteiger partial charge in [-0.15, -0.1) is 23.1 Å². The lowest BCUT2D eigenvalue weighted by Crippen LogP contribution is -2.22. The van der Waals surface area contributed by atoms with Crippen molar-refractivity contribution in [2.75, 3.05) is 12.3 Å². The topological polar surface area (TPSA) is 65.8 Å². The molecule has 2 aromatic heterocycles. The number of halogens is 1. The van der Waals surface area contributed by atoms with Gasteiger partial charge in [0.15, 0.2) is 0 Å². The molecule has 0 saturated carbocycles. The van der Waals surface area contributed by atoms with E-state index in [1.165, 1.54) is 30.8 Å². The number of rotatable bonds is 6. The first-order valence-electron chi connectivity index (χ1n) is 8.20. The average Bonchev–Trinajstić information content (AvgIpc) is 3.20. The fraction of sp³-hybridized carbons (Fsp3) is 0.150. The van der Waals surface area contributed by atoms with Crippen molar-refractivity contribution in [3.63, 3.8) is 0 Å². The predicted molar refractivity (Wildman–Crippen MR) is 107 cm³/mol. The van der Waals surface area contributed by atoms with Crippen molar-refractivity contribution in [1.82, 2.24) is 10.3 Å². The van der Waals surface area contributed by atoms with Crippen LogP contribution >= 0.6 is 23.1 Å². The predicted octanol–water partition coefficient (Wildman–Crippen LogP) is 4.72. The summed E-state index contributed by atoms with van der Waals surface area (Å²) in [6.45, 7) is 1.95. The second kappa shape index (κ2) is 8.80. The third-order valence-corrected chi connectivity index (χ3v) is 5.61. The minimum atomic E-state index is -0.324. The third kappa shape index (κ3) is 4.73. The molecule has 1 N–H and O–H groups in total. The van der Waals surface area contributed by atoms with Gasteiger partial charge in [0, 0.05) is 24.8 Å². The number of aromatic nitrogens is 1. The quantitative estimate of drug-likeness (QED) is 0.483. The highest BCUT2D eigenvalue weighted by atomic mass is 32.2. The Kier molecular flexibility index (Phi) is 6.22. The molecule has 1 amide bonds. The molecular weight excluding hydrogens is 381 g/mol. The zero-order chi connectivity index (χ0) is 19.2. The Labute approximate surface area is 165 Å². The summed E-state index contributed by atoms with van der Waals surface area (Å²) in [7, 11) is 0. The van der Waals surface area contributed by atoms with Crippen molar-refractivity contribution in [2.24, 2.45) is 0 Å². The first kappa shape index (κ1) is 19.1. The van der Waals surface area contributed by atoms with Gasteiger partial charge in [-0.3, -0.25) is 4.79 Å². The molecule has 0 aliphatic heterocycles. The molecule has 2 heterocycles. The van der Waals surface area contributed by atoms with E-state index in [-0.39, 0.29) is 11.7 Å². The third-order valence-electron chi connectivity index (χ3n) is 3.74. The summed E-state index contributed by atoms with van der Waals surface area (Å²) >= 11 is 2.98. The molecular formula is C20H16FN3OS2. The van der Waals surface area contributed by atoms with Crippen molar-refractivity contribution < 1.29 is 9.18 Å². The summed E-state index contributed by atoms with van der Waals surface area (Å²) in [5.74, 6) is 0.177. The van der Waals surface area contributed by atoms with Crippen LogP contribution in [-0.2, 0) is 4.79 Å². The zero-order valence-corrected chi connectivity index (χ0v) is 16.2. The standard InChI is InChI=1S/C20H16FN3OS2/c1-13(25)23-8-10-27-20-17(12-22)16(14-4-6-15(21)7-5-14)11-18(24-20)19-3-2-9-26-19/h2-7,9,11H,8,10H2,1H3,(H,23,25). The molecule has 4 nitrogen and oxygen atoms in total. The lowest BCUT2D eigenvalue weighted by molar-refractivity contribution is -0.118. The Morgan fingerprint density at radius 1 is 1.33 bits per heavy atom. The SMILES string of the molecule is CC(=O)NCCSc1nc(-c2cccs2)cc(-c2ccc(F)cc2)c1C#N. The maximum Gasteiger partial charge on any atom is 0.216 e. The van der Waals surface area contributed by atoms with Gasteiger partial charge in [0.05, 0.1) is 16.1 Å². The maximum atomic E-state index is 13.3. The molecule has 0 aliphatic rings. The summed E-state index contributed by atoms with van der Waals surface area (Å²) in [5, 5.41) is 15.0. The molecule has 1 aromatic carbocycles. The van der Waals surface area contributed by atoms with Crippen LogP contribution in [0.15, 0.2) is 52.9 Å². The highest BCUT2D eigenvalue weighted by Crippen LogP contribution is 2.35. The highest BCUT2D eigenvalue weighted by molar-refractivity contribution is 7.99. The van der Waals surface area contributed by atoms with Gasteiger partial charge in [0.1, 0.15) is 16.9 Å². The van der Waals surface area contributed by atoms with Gasteiger partial charge in [-0.2, -0.15) is 5.26 Å². The summed E-state index contributed by atoms with van der Waals surface area (Å²) < 4.78 is 13.3. The van der Waals surface area contributed by atoms with Crippen LogP contribution in [0.1, 0.15) is 12.5 Å². The van der Waals surface area contributed by atoms with E-state index >= 15 is 0 Å². The number of nitriles is 1. The summed E-state index contributed by atoms with van der Waals surface area (Å²) in [5.41, 5.74) is 2.70. The second-order valence-corrected chi connectivity index (χ2v) is 7.69. The smallest absolute Gasteiger partial charge is 0.216 e. The molecule has 3 aromatic rings. The Morgan fingerprint density at radius 3 is 2.74 bits per heavy atom. The molecule has 7 heteroatoms. The van der Waals surface area contributed by atoms with Gasteiger partial charge in [-0.25, -0.2) is 9.37 Å². The number of pyridine rings is 1. The van der Waals surface area contributed by atoms with Crippen LogP contribution in [0, 0.1) is 17.1 Å². The summed E-state index contributed by atoms with van der Waals surface area (Å²) in [6.07, 6.45) is 0. The fourth-order valence-corrected chi connectivity index (χ4v) is 4.06. The zero-order valence-electron chi connectivity index (χ0n) is 14.5. The van der Waals surface area contributed by atoms with E-state index in [0.29, 0.717) is 22.9 Å². The van der Waals surface area contributed by atoms with Crippen molar-refractivity contribution in [2.45, 2.75) is 11.9 Å². The Morgan fingerprint density at radius 2 is 2.11 bits per heavy atom. The second-order valence-electron chi connectivity index (χ2n) is 5.66. The number of carbonyl (C=O) groups excluding carboxylic acids is 1. The van der Waals surface area contributed by atoms with Crippen LogP contribution in [0.25, 0.3) is 21.7 Å². The first-order valence-corrected chi connectivity index (χ1v) is 10.1. The Balaban J connectivity index is 2.03. The van der Waals surface area contributed by atoms with E-state index in [2.05, 4.69) is 16.4 Å². The number of hydrogen-bond donors (Lipinski definition) is 1. The molecule has 3 rings (SSSR count). The van der Waals surface area contributed by atoms with Crippen molar-refractivity contribution in [3.8, 4) is 27.8 Å². The molecule has 27 heavy (non-hydrogen) atoms. The van der Waals surface area contributed by atoms with Gasteiger partial charge in [0.25, 0.3) is 0 Å². The highest BCUT2D eigenvalue weighted by Gasteiger charge is 2.16. The van der Waals surface area contributed by atoms with E-state index in [1.54, 1.807) is 23.5 Å². The van der Waals surface area contributed by atoms with E-state index in [4.69, 9.17) is 0 Å². The van der Waals surface area contributed by atoms with E-state index in [1.807, 2.05) is 23.6 Å². The maximum absolute atomic E-state index is 13.3. The number of carbonyl (C=O) groups is 1. The van der Waals surface area contributed by atoms with Crippen LogP contribution in [0.4, 0.5) is 4.39 Å². The molecule has 0 unspecified atom stereocenters. The van der Waals surface area contributed by atoms with Crippen molar-refractivity contribution in [1.29, 1.82) is 5.26 Å². The normalized spacial score (nSPS) is 10.4. The number of thiophene rings is 1. The van der Waals surface area contributed by atoms with Gasteiger partial charge < -0.3 is 5.32 Å². The number of hydrogen-bond acceptors (Lipinski definition) is 5. The van der Waals surface area contributed by atoms with Gasteiger partial charge in [-0.05, 0) is 35.2 Å². The molecule has 0 saturated heterocycles. The molecule has 136 valence electrons. The van der Waals surface area contributed by atoms with E-state index in [9.17, 15) is 14.4 Å². The Hall–Kier alpha value is -2.69. The van der Waals surface area contributed by atoms with Crippen molar-refractivity contribution >= 4 is 29.0 Å². The number of nitrogens with zero attached hydrogens (tertiary/aromatic N) is 2. The average molecular weight is 398 g/mol. The van der Waals surface area contributed by atoms with Crippen LogP contribution in [0.5, 0.6) is 0 Å².